The number of carbonyl (C=O) groups excluding carboxylic acids is 1. The number of halogens is 1. The second-order valence-electron chi connectivity index (χ2n) is 4.10. The van der Waals surface area contributed by atoms with Gasteiger partial charge >= 0.3 is 0 Å². The number of hydrogen-bond donors (Lipinski definition) is 0. The molecule has 0 bridgehead atoms. The first kappa shape index (κ1) is 11.9. The average molecular weight is 245 g/mol. The molecule has 2 heteroatoms. The maximum absolute atomic E-state index is 12.0. The summed E-state index contributed by atoms with van der Waals surface area (Å²) in [5.74, 6) is 0.121. The van der Waals surface area contributed by atoms with Crippen molar-refractivity contribution < 1.29 is 4.79 Å². The van der Waals surface area contributed by atoms with Gasteiger partial charge in [0.05, 0.1) is 0 Å². The Balaban J connectivity index is 2.17. The third kappa shape index (κ3) is 3.18. The summed E-state index contributed by atoms with van der Waals surface area (Å²) in [6.45, 7) is 1.98. The van der Waals surface area contributed by atoms with Crippen LogP contribution in [0.5, 0.6) is 0 Å². The predicted molar refractivity (Wildman–Crippen MR) is 70.7 cm³/mol. The first-order valence-corrected chi connectivity index (χ1v) is 5.87. The Bertz CT molecular complexity index is 546. The number of benzene rings is 2. The van der Waals surface area contributed by atoms with Gasteiger partial charge in [-0.15, -0.1) is 0 Å². The first-order chi connectivity index (χ1) is 8.15. The van der Waals surface area contributed by atoms with Gasteiger partial charge in [0.25, 0.3) is 0 Å². The number of ketones is 1. The number of carbonyl (C=O) groups is 1. The zero-order valence-electron chi connectivity index (χ0n) is 9.61. The third-order valence-electron chi connectivity index (χ3n) is 2.59. The van der Waals surface area contributed by atoms with Crippen LogP contribution in [0.4, 0.5) is 0 Å². The molecule has 1 nitrogen and oxygen atoms in total. The summed E-state index contributed by atoms with van der Waals surface area (Å²) in [7, 11) is 0. The minimum Gasteiger partial charge on any atom is -0.294 e. The molecule has 2 aromatic carbocycles. The van der Waals surface area contributed by atoms with Crippen LogP contribution in [0.15, 0.2) is 48.5 Å². The van der Waals surface area contributed by atoms with Crippen LogP contribution in [0.3, 0.4) is 0 Å². The van der Waals surface area contributed by atoms with Crippen LogP contribution in [-0.2, 0) is 6.42 Å². The van der Waals surface area contributed by atoms with Gasteiger partial charge in [-0.3, -0.25) is 4.79 Å². The lowest BCUT2D eigenvalue weighted by Gasteiger charge is -2.03. The molecule has 0 atom stereocenters. The SMILES string of the molecule is Cc1cccc(C(=O)Cc2cccc(Cl)c2)c1. The highest BCUT2D eigenvalue weighted by Gasteiger charge is 2.07. The summed E-state index contributed by atoms with van der Waals surface area (Å²) >= 11 is 5.89. The molecule has 0 aliphatic carbocycles. The van der Waals surface area contributed by atoms with E-state index in [9.17, 15) is 4.79 Å². The van der Waals surface area contributed by atoms with Crippen LogP contribution in [0.25, 0.3) is 0 Å². The third-order valence-corrected chi connectivity index (χ3v) is 2.83. The van der Waals surface area contributed by atoms with Crippen molar-refractivity contribution in [3.05, 3.63) is 70.2 Å². The average Bonchev–Trinajstić information content (AvgIpc) is 2.29. The zero-order valence-corrected chi connectivity index (χ0v) is 10.4. The second kappa shape index (κ2) is 5.15. The van der Waals surface area contributed by atoms with Crippen LogP contribution in [0.1, 0.15) is 21.5 Å². The van der Waals surface area contributed by atoms with E-state index in [1.807, 2.05) is 55.5 Å². The number of Topliss-reactive ketones (excluding diaryl/α,β-unsaturated/α-hetero) is 1. The monoisotopic (exact) mass is 244 g/mol. The van der Waals surface area contributed by atoms with E-state index in [4.69, 9.17) is 11.6 Å². The molecule has 0 amide bonds. The molecule has 2 aromatic rings. The van der Waals surface area contributed by atoms with Gasteiger partial charge in [-0.1, -0.05) is 47.5 Å². The summed E-state index contributed by atoms with van der Waals surface area (Å²) in [5, 5.41) is 0.666. The van der Waals surface area contributed by atoms with E-state index in [-0.39, 0.29) is 5.78 Å². The molecule has 0 N–H and O–H groups in total. The standard InChI is InChI=1S/C15H13ClO/c1-11-4-2-6-13(8-11)15(17)10-12-5-3-7-14(16)9-12/h2-9H,10H2,1H3. The van der Waals surface area contributed by atoms with Crippen molar-refractivity contribution in [1.82, 2.24) is 0 Å². The number of rotatable bonds is 3. The van der Waals surface area contributed by atoms with Crippen molar-refractivity contribution in [1.29, 1.82) is 0 Å². The summed E-state index contributed by atoms with van der Waals surface area (Å²) in [5.41, 5.74) is 2.80. The smallest absolute Gasteiger partial charge is 0.167 e. The molecule has 86 valence electrons. The maximum Gasteiger partial charge on any atom is 0.167 e. The molecule has 0 saturated carbocycles. The summed E-state index contributed by atoms with van der Waals surface area (Å²) in [4.78, 5) is 12.0. The van der Waals surface area contributed by atoms with Gasteiger partial charge in [0.1, 0.15) is 0 Å². The fourth-order valence-electron chi connectivity index (χ4n) is 1.75. The Hall–Kier alpha value is -1.60. The van der Waals surface area contributed by atoms with E-state index in [2.05, 4.69) is 0 Å². The van der Waals surface area contributed by atoms with Gasteiger partial charge in [0.15, 0.2) is 5.78 Å². The zero-order chi connectivity index (χ0) is 12.3. The largest absolute Gasteiger partial charge is 0.294 e. The lowest BCUT2D eigenvalue weighted by Crippen LogP contribution is -2.03. The second-order valence-corrected chi connectivity index (χ2v) is 4.54. The van der Waals surface area contributed by atoms with Gasteiger partial charge in [-0.25, -0.2) is 0 Å². The van der Waals surface area contributed by atoms with Crippen LogP contribution < -0.4 is 0 Å². The lowest BCUT2D eigenvalue weighted by molar-refractivity contribution is 0.0993. The first-order valence-electron chi connectivity index (χ1n) is 5.49. The van der Waals surface area contributed by atoms with E-state index < -0.39 is 0 Å². The molecule has 0 heterocycles. The fourth-order valence-corrected chi connectivity index (χ4v) is 1.97. The minimum atomic E-state index is 0.121. The summed E-state index contributed by atoms with van der Waals surface area (Å²) in [6.07, 6.45) is 0.393. The van der Waals surface area contributed by atoms with Gasteiger partial charge in [-0.2, -0.15) is 0 Å². The molecule has 0 fully saturated rings. The van der Waals surface area contributed by atoms with Crippen molar-refractivity contribution in [2.75, 3.05) is 0 Å². The predicted octanol–water partition coefficient (Wildman–Crippen LogP) is 4.07. The van der Waals surface area contributed by atoms with Crippen LogP contribution >= 0.6 is 11.6 Å². The molecule has 17 heavy (non-hydrogen) atoms. The fraction of sp³-hybridized carbons (Fsp3) is 0.133. The summed E-state index contributed by atoms with van der Waals surface area (Å²) < 4.78 is 0. The van der Waals surface area contributed by atoms with E-state index in [1.54, 1.807) is 0 Å². The van der Waals surface area contributed by atoms with Gasteiger partial charge in [0.2, 0.25) is 0 Å². The normalized spacial score (nSPS) is 10.2. The minimum absolute atomic E-state index is 0.121. The van der Waals surface area contributed by atoms with Crippen molar-refractivity contribution in [2.24, 2.45) is 0 Å². The quantitative estimate of drug-likeness (QED) is 0.744. The highest BCUT2D eigenvalue weighted by atomic mass is 35.5. The van der Waals surface area contributed by atoms with Crippen LogP contribution in [0.2, 0.25) is 5.02 Å². The van der Waals surface area contributed by atoms with E-state index in [0.717, 1.165) is 16.7 Å². The molecule has 0 unspecified atom stereocenters. The van der Waals surface area contributed by atoms with E-state index >= 15 is 0 Å². The summed E-state index contributed by atoms with van der Waals surface area (Å²) in [6, 6.07) is 15.1. The van der Waals surface area contributed by atoms with E-state index in [1.165, 1.54) is 0 Å². The van der Waals surface area contributed by atoms with Crippen molar-refractivity contribution in [3.63, 3.8) is 0 Å². The molecule has 0 aromatic heterocycles. The Kier molecular flexibility index (Phi) is 3.60. The van der Waals surface area contributed by atoms with E-state index in [0.29, 0.717) is 11.4 Å². The van der Waals surface area contributed by atoms with Gasteiger partial charge < -0.3 is 0 Å². The molecule has 2 rings (SSSR count). The van der Waals surface area contributed by atoms with Crippen LogP contribution in [-0.4, -0.2) is 5.78 Å². The molecule has 0 aliphatic heterocycles. The molecular formula is C15H13ClO. The highest BCUT2D eigenvalue weighted by Crippen LogP contribution is 2.14. The molecule has 0 radical (unpaired) electrons. The topological polar surface area (TPSA) is 17.1 Å². The van der Waals surface area contributed by atoms with Gasteiger partial charge in [-0.05, 0) is 30.7 Å². The molecule has 0 saturated heterocycles. The Morgan fingerprint density at radius 1 is 1.12 bits per heavy atom. The molecule has 0 spiro atoms. The number of hydrogen-bond acceptors (Lipinski definition) is 1. The van der Waals surface area contributed by atoms with Gasteiger partial charge in [0, 0.05) is 17.0 Å². The Morgan fingerprint density at radius 3 is 2.59 bits per heavy atom. The number of aryl methyl sites for hydroxylation is 1. The van der Waals surface area contributed by atoms with Crippen molar-refractivity contribution in [2.45, 2.75) is 13.3 Å². The lowest BCUT2D eigenvalue weighted by atomic mass is 10.0. The maximum atomic E-state index is 12.0. The Morgan fingerprint density at radius 2 is 1.88 bits per heavy atom. The molecule has 0 aliphatic rings. The molecular weight excluding hydrogens is 232 g/mol. The Labute approximate surface area is 106 Å². The van der Waals surface area contributed by atoms with Crippen molar-refractivity contribution in [3.8, 4) is 0 Å². The van der Waals surface area contributed by atoms with Crippen molar-refractivity contribution >= 4 is 17.4 Å². The highest BCUT2D eigenvalue weighted by molar-refractivity contribution is 6.30. The van der Waals surface area contributed by atoms with Crippen LogP contribution in [0, 0.1) is 6.92 Å².